The molecule has 6 nitrogen and oxygen atoms in total. The molecule has 0 bridgehead atoms. The summed E-state index contributed by atoms with van der Waals surface area (Å²) in [6, 6.07) is 0. The Morgan fingerprint density at radius 3 is 0.875 bits per heavy atom. The third-order valence-corrected chi connectivity index (χ3v) is 13.4. The summed E-state index contributed by atoms with van der Waals surface area (Å²) in [6.07, 6.45) is 77.7. The van der Waals surface area contributed by atoms with Crippen LogP contribution < -0.4 is 0 Å². The Morgan fingerprint density at radius 1 is 0.292 bits per heavy atom. The minimum absolute atomic E-state index is 0.0892. The van der Waals surface area contributed by atoms with E-state index in [2.05, 4.69) is 93.7 Å². The molecule has 0 radical (unpaired) electrons. The topological polar surface area (TPSA) is 78.9 Å². The van der Waals surface area contributed by atoms with Gasteiger partial charge in [-0.3, -0.25) is 14.4 Å². The molecule has 1 atom stereocenters. The van der Waals surface area contributed by atoms with Crippen LogP contribution in [0.5, 0.6) is 0 Å². The first kappa shape index (κ1) is 68.8. The average Bonchev–Trinajstić information content (AvgIpc) is 3.38. The van der Waals surface area contributed by atoms with Crippen molar-refractivity contribution in [2.75, 3.05) is 13.2 Å². The van der Waals surface area contributed by atoms with Crippen molar-refractivity contribution in [1.29, 1.82) is 0 Å². The van der Waals surface area contributed by atoms with E-state index in [1.165, 1.54) is 180 Å². The molecule has 0 fully saturated rings. The molecule has 0 aliphatic carbocycles. The van der Waals surface area contributed by atoms with Crippen molar-refractivity contribution in [3.05, 3.63) is 72.9 Å². The number of rotatable bonds is 56. The Morgan fingerprint density at radius 2 is 0.542 bits per heavy atom. The van der Waals surface area contributed by atoms with Crippen LogP contribution in [-0.4, -0.2) is 37.2 Å². The highest BCUT2D eigenvalue weighted by atomic mass is 16.6. The van der Waals surface area contributed by atoms with Crippen LogP contribution in [-0.2, 0) is 28.6 Å². The second kappa shape index (κ2) is 60.4. The molecular formula is C66H116O6. The van der Waals surface area contributed by atoms with E-state index in [1.807, 2.05) is 0 Å². The fourth-order valence-corrected chi connectivity index (χ4v) is 8.82. The highest BCUT2D eigenvalue weighted by molar-refractivity contribution is 5.71. The normalized spacial score (nSPS) is 12.5. The van der Waals surface area contributed by atoms with Crippen LogP contribution in [0.3, 0.4) is 0 Å². The molecule has 0 heterocycles. The number of unbranched alkanes of at least 4 members (excludes halogenated alkanes) is 33. The predicted molar refractivity (Wildman–Crippen MR) is 311 cm³/mol. The lowest BCUT2D eigenvalue weighted by atomic mass is 10.0. The van der Waals surface area contributed by atoms with Crippen LogP contribution in [0.15, 0.2) is 72.9 Å². The molecule has 0 spiro atoms. The van der Waals surface area contributed by atoms with Gasteiger partial charge in [-0.25, -0.2) is 0 Å². The van der Waals surface area contributed by atoms with E-state index in [1.54, 1.807) is 0 Å². The van der Waals surface area contributed by atoms with Crippen molar-refractivity contribution in [2.24, 2.45) is 0 Å². The van der Waals surface area contributed by atoms with E-state index in [0.29, 0.717) is 19.3 Å². The number of ether oxygens (including phenoxy) is 3. The second-order valence-corrected chi connectivity index (χ2v) is 20.6. The molecule has 72 heavy (non-hydrogen) atoms. The van der Waals surface area contributed by atoms with Crippen molar-refractivity contribution in [1.82, 2.24) is 0 Å². The van der Waals surface area contributed by atoms with Crippen molar-refractivity contribution >= 4 is 17.9 Å². The third kappa shape index (κ3) is 57.7. The van der Waals surface area contributed by atoms with Gasteiger partial charge in [0, 0.05) is 19.3 Å². The largest absolute Gasteiger partial charge is 0.462 e. The summed E-state index contributed by atoms with van der Waals surface area (Å²) in [5.74, 6) is -0.919. The van der Waals surface area contributed by atoms with Gasteiger partial charge in [0.05, 0.1) is 0 Å². The lowest BCUT2D eigenvalue weighted by Crippen LogP contribution is -2.30. The van der Waals surface area contributed by atoms with E-state index in [4.69, 9.17) is 14.2 Å². The smallest absolute Gasteiger partial charge is 0.306 e. The maximum absolute atomic E-state index is 12.8. The first-order valence-electron chi connectivity index (χ1n) is 30.9. The van der Waals surface area contributed by atoms with E-state index in [-0.39, 0.29) is 37.5 Å². The predicted octanol–water partition coefficient (Wildman–Crippen LogP) is 20.9. The monoisotopic (exact) mass is 1000 g/mol. The number of carbonyl (C=O) groups excluding carboxylic acids is 3. The lowest BCUT2D eigenvalue weighted by Gasteiger charge is -2.18. The van der Waals surface area contributed by atoms with Gasteiger partial charge in [-0.2, -0.15) is 0 Å². The quantitative estimate of drug-likeness (QED) is 0.0261. The van der Waals surface area contributed by atoms with Gasteiger partial charge in [-0.1, -0.05) is 273 Å². The molecule has 0 aromatic heterocycles. The average molecular weight is 1010 g/mol. The van der Waals surface area contributed by atoms with E-state index in [0.717, 1.165) is 83.5 Å². The van der Waals surface area contributed by atoms with E-state index in [9.17, 15) is 14.4 Å². The van der Waals surface area contributed by atoms with Crippen LogP contribution in [0, 0.1) is 0 Å². The number of carbonyl (C=O) groups is 3. The van der Waals surface area contributed by atoms with Crippen LogP contribution in [0.25, 0.3) is 0 Å². The molecule has 0 amide bonds. The van der Waals surface area contributed by atoms with Gasteiger partial charge in [-0.15, -0.1) is 0 Å². The van der Waals surface area contributed by atoms with Crippen LogP contribution in [0.2, 0.25) is 0 Å². The zero-order chi connectivity index (χ0) is 52.2. The van der Waals surface area contributed by atoms with Gasteiger partial charge in [0.2, 0.25) is 0 Å². The van der Waals surface area contributed by atoms with Gasteiger partial charge in [-0.05, 0) is 89.9 Å². The van der Waals surface area contributed by atoms with Gasteiger partial charge >= 0.3 is 17.9 Å². The Balaban J connectivity index is 4.31. The Kier molecular flexibility index (Phi) is 57.8. The van der Waals surface area contributed by atoms with Gasteiger partial charge in [0.1, 0.15) is 13.2 Å². The SMILES string of the molecule is CC/C=C\C/C=C\C/C=C\C/C=C\CCCCC(=O)OC(COC(=O)CCCCCCCCCCCCCCCC)COC(=O)CCCCCCCCCCCCCCC/C=C\C/C=C\CCCCCCC. The maximum atomic E-state index is 12.8. The first-order valence-corrected chi connectivity index (χ1v) is 30.9. The molecule has 1 unspecified atom stereocenters. The molecule has 0 saturated heterocycles. The number of hydrogen-bond donors (Lipinski definition) is 0. The summed E-state index contributed by atoms with van der Waals surface area (Å²) < 4.78 is 16.9. The summed E-state index contributed by atoms with van der Waals surface area (Å²) in [7, 11) is 0. The minimum atomic E-state index is -0.796. The molecule has 0 aliphatic heterocycles. The fraction of sp³-hybridized carbons (Fsp3) is 0.773. The van der Waals surface area contributed by atoms with Crippen molar-refractivity contribution in [3.63, 3.8) is 0 Å². The van der Waals surface area contributed by atoms with Gasteiger partial charge in [0.25, 0.3) is 0 Å². The Labute approximate surface area is 446 Å². The summed E-state index contributed by atoms with van der Waals surface area (Å²) in [5.41, 5.74) is 0. The molecule has 6 heteroatoms. The summed E-state index contributed by atoms with van der Waals surface area (Å²) in [4.78, 5) is 38.2. The minimum Gasteiger partial charge on any atom is -0.462 e. The van der Waals surface area contributed by atoms with E-state index >= 15 is 0 Å². The second-order valence-electron chi connectivity index (χ2n) is 20.6. The van der Waals surface area contributed by atoms with E-state index < -0.39 is 6.10 Å². The molecule has 0 aromatic rings. The summed E-state index contributed by atoms with van der Waals surface area (Å²) >= 11 is 0. The molecule has 0 N–H and O–H groups in total. The van der Waals surface area contributed by atoms with Crippen LogP contribution in [0.4, 0.5) is 0 Å². The summed E-state index contributed by atoms with van der Waals surface area (Å²) in [6.45, 7) is 6.51. The van der Waals surface area contributed by atoms with Crippen molar-refractivity contribution in [2.45, 2.75) is 316 Å². The molecular weight excluding hydrogens is 889 g/mol. The van der Waals surface area contributed by atoms with Crippen molar-refractivity contribution < 1.29 is 28.6 Å². The lowest BCUT2D eigenvalue weighted by molar-refractivity contribution is -0.167. The highest BCUT2D eigenvalue weighted by Gasteiger charge is 2.19. The standard InChI is InChI=1S/C66H116O6/c1-4-7-10-13-16-19-22-25-28-29-30-31-32-33-34-35-36-37-39-41-44-47-50-53-56-59-65(68)71-62-63(61-70-64(67)58-55-52-49-46-43-40-27-24-21-18-15-12-9-6-3)72-66(69)60-57-54-51-48-45-42-38-26-23-20-17-14-11-8-5-2/h8,11,17,20,22,25-26,29-30,38,45,48,63H,4-7,9-10,12-16,18-19,21,23-24,27-28,31-37,39-44,46-47,49-62H2,1-3H3/b11-8-,20-17-,25-22-,30-29-,38-26-,48-45-. The number of allylic oxidation sites excluding steroid dienone is 12. The van der Waals surface area contributed by atoms with Crippen molar-refractivity contribution in [3.8, 4) is 0 Å². The Hall–Kier alpha value is -3.15. The van der Waals surface area contributed by atoms with Crippen LogP contribution in [0.1, 0.15) is 310 Å². The molecule has 0 saturated carbocycles. The maximum Gasteiger partial charge on any atom is 0.306 e. The zero-order valence-electron chi connectivity index (χ0n) is 47.7. The number of hydrogen-bond acceptors (Lipinski definition) is 6. The fourth-order valence-electron chi connectivity index (χ4n) is 8.82. The Bertz CT molecular complexity index is 1340. The molecule has 416 valence electrons. The zero-order valence-corrected chi connectivity index (χ0v) is 47.7. The van der Waals surface area contributed by atoms with Gasteiger partial charge < -0.3 is 14.2 Å². The molecule has 0 rings (SSSR count). The third-order valence-electron chi connectivity index (χ3n) is 13.4. The highest BCUT2D eigenvalue weighted by Crippen LogP contribution is 2.16. The van der Waals surface area contributed by atoms with Crippen LogP contribution >= 0.6 is 0 Å². The first-order chi connectivity index (χ1) is 35.5. The number of esters is 3. The molecule has 0 aromatic carbocycles. The molecule has 0 aliphatic rings. The van der Waals surface area contributed by atoms with Gasteiger partial charge in [0.15, 0.2) is 6.10 Å². The summed E-state index contributed by atoms with van der Waals surface area (Å²) in [5, 5.41) is 0.